The molecule has 3 rings (SSSR count). The molecule has 0 amide bonds. The number of aliphatic imine (C=N–C) groups is 1. The molecule has 1 aromatic heterocycles. The van der Waals surface area contributed by atoms with Crippen LogP contribution in [0.5, 0.6) is 0 Å². The number of aryl methyl sites for hydroxylation is 2. The molecule has 21 heavy (non-hydrogen) atoms. The zero-order valence-electron chi connectivity index (χ0n) is 13.4. The van der Waals surface area contributed by atoms with Crippen LogP contribution in [0.1, 0.15) is 42.7 Å². The first-order chi connectivity index (χ1) is 10.1. The molecule has 0 unspecified atom stereocenters. The van der Waals surface area contributed by atoms with Crippen molar-refractivity contribution in [3.8, 4) is 0 Å². The van der Waals surface area contributed by atoms with Crippen molar-refractivity contribution < 1.29 is 4.52 Å². The highest BCUT2D eigenvalue weighted by atomic mass is 16.5. The van der Waals surface area contributed by atoms with Gasteiger partial charge in [-0.1, -0.05) is 11.6 Å². The van der Waals surface area contributed by atoms with Gasteiger partial charge in [-0.2, -0.15) is 0 Å². The van der Waals surface area contributed by atoms with Gasteiger partial charge in [0.15, 0.2) is 5.96 Å². The Morgan fingerprint density at radius 1 is 1.38 bits per heavy atom. The summed E-state index contributed by atoms with van der Waals surface area (Å²) in [5.41, 5.74) is 2.83. The highest BCUT2D eigenvalue weighted by molar-refractivity contribution is 5.80. The Balaban J connectivity index is 1.52. The molecule has 0 atom stereocenters. The average Bonchev–Trinajstić information content (AvgIpc) is 3.01. The van der Waals surface area contributed by atoms with Crippen LogP contribution < -0.4 is 5.32 Å². The summed E-state index contributed by atoms with van der Waals surface area (Å²) in [6.45, 7) is 7.18. The molecule has 5 nitrogen and oxygen atoms in total. The Morgan fingerprint density at radius 3 is 2.71 bits per heavy atom. The number of guanidine groups is 1. The molecule has 2 fully saturated rings. The van der Waals surface area contributed by atoms with Crippen molar-refractivity contribution in [3.63, 3.8) is 0 Å². The number of aromatic nitrogens is 1. The number of nitrogens with zero attached hydrogens (tertiary/aromatic N) is 3. The van der Waals surface area contributed by atoms with Crippen LogP contribution in [-0.2, 0) is 6.42 Å². The molecule has 1 aliphatic heterocycles. The van der Waals surface area contributed by atoms with Crippen molar-refractivity contribution >= 4 is 5.96 Å². The summed E-state index contributed by atoms with van der Waals surface area (Å²) in [6, 6.07) is 0. The Bertz CT molecular complexity index is 511. The lowest BCUT2D eigenvalue weighted by molar-refractivity contribution is 0.151. The lowest BCUT2D eigenvalue weighted by atomic mass is 9.68. The van der Waals surface area contributed by atoms with E-state index >= 15 is 0 Å². The van der Waals surface area contributed by atoms with Gasteiger partial charge in [0.1, 0.15) is 5.76 Å². The minimum absolute atomic E-state index is 0.610. The van der Waals surface area contributed by atoms with Crippen LogP contribution >= 0.6 is 0 Å². The van der Waals surface area contributed by atoms with E-state index in [1.807, 2.05) is 20.9 Å². The van der Waals surface area contributed by atoms with Crippen molar-refractivity contribution in [2.45, 2.75) is 46.0 Å². The maximum Gasteiger partial charge on any atom is 0.193 e. The number of hydrogen-bond acceptors (Lipinski definition) is 3. The summed E-state index contributed by atoms with van der Waals surface area (Å²) in [4.78, 5) is 6.87. The summed E-state index contributed by atoms with van der Waals surface area (Å²) in [7, 11) is 1.88. The fourth-order valence-electron chi connectivity index (χ4n) is 3.69. The summed E-state index contributed by atoms with van der Waals surface area (Å²) in [6.07, 6.45) is 6.47. The third kappa shape index (κ3) is 2.78. The molecular weight excluding hydrogens is 264 g/mol. The van der Waals surface area contributed by atoms with E-state index in [2.05, 4.69) is 20.4 Å². The summed E-state index contributed by atoms with van der Waals surface area (Å²) in [5, 5.41) is 7.50. The largest absolute Gasteiger partial charge is 0.361 e. The van der Waals surface area contributed by atoms with Crippen LogP contribution in [0, 0.1) is 19.3 Å². The van der Waals surface area contributed by atoms with Gasteiger partial charge in [-0.3, -0.25) is 4.99 Å². The van der Waals surface area contributed by atoms with Crippen LogP contribution in [0.2, 0.25) is 0 Å². The Morgan fingerprint density at radius 2 is 2.19 bits per heavy atom. The van der Waals surface area contributed by atoms with Gasteiger partial charge in [0.2, 0.25) is 0 Å². The van der Waals surface area contributed by atoms with Gasteiger partial charge in [0, 0.05) is 32.2 Å². The van der Waals surface area contributed by atoms with Gasteiger partial charge >= 0.3 is 0 Å². The quantitative estimate of drug-likeness (QED) is 0.685. The highest BCUT2D eigenvalue weighted by Gasteiger charge is 2.43. The second-order valence-electron chi connectivity index (χ2n) is 6.55. The lowest BCUT2D eigenvalue weighted by Crippen LogP contribution is -2.43. The summed E-state index contributed by atoms with van der Waals surface area (Å²) in [5.74, 6) is 1.98. The third-order valence-corrected chi connectivity index (χ3v) is 5.20. The van der Waals surface area contributed by atoms with Gasteiger partial charge in [-0.05, 0) is 44.9 Å². The second-order valence-corrected chi connectivity index (χ2v) is 6.55. The van der Waals surface area contributed by atoms with Crippen LogP contribution in [0.3, 0.4) is 0 Å². The van der Waals surface area contributed by atoms with E-state index in [4.69, 9.17) is 4.52 Å². The van der Waals surface area contributed by atoms with Crippen LogP contribution in [-0.4, -0.2) is 42.7 Å². The topological polar surface area (TPSA) is 53.7 Å². The first-order valence-electron chi connectivity index (χ1n) is 8.01. The molecule has 2 heterocycles. The fraction of sp³-hybridized carbons (Fsp3) is 0.750. The van der Waals surface area contributed by atoms with Crippen molar-refractivity contribution in [3.05, 3.63) is 17.0 Å². The standard InChI is InChI=1S/C16H26N4O/c1-12-14(13(2)21-19-12)5-9-18-15(17-3)20-10-8-16(11-20)6-4-7-16/h4-11H2,1-3H3,(H,17,18). The molecule has 1 N–H and O–H groups in total. The van der Waals surface area contributed by atoms with E-state index in [9.17, 15) is 0 Å². The fourth-order valence-corrected chi connectivity index (χ4v) is 3.69. The molecule has 5 heteroatoms. The minimum atomic E-state index is 0.610. The van der Waals surface area contributed by atoms with Crippen molar-refractivity contribution in [2.24, 2.45) is 10.4 Å². The van der Waals surface area contributed by atoms with E-state index in [1.54, 1.807) is 0 Å². The van der Waals surface area contributed by atoms with Gasteiger partial charge in [0.05, 0.1) is 5.69 Å². The first kappa shape index (κ1) is 14.4. The Hall–Kier alpha value is -1.52. The van der Waals surface area contributed by atoms with E-state index in [0.29, 0.717) is 5.41 Å². The molecule has 1 aliphatic carbocycles. The first-order valence-corrected chi connectivity index (χ1v) is 8.01. The van der Waals surface area contributed by atoms with E-state index in [-0.39, 0.29) is 0 Å². The highest BCUT2D eigenvalue weighted by Crippen LogP contribution is 2.47. The predicted octanol–water partition coefficient (Wildman–Crippen LogP) is 2.29. The zero-order valence-corrected chi connectivity index (χ0v) is 13.4. The van der Waals surface area contributed by atoms with Gasteiger partial charge in [-0.15, -0.1) is 0 Å². The van der Waals surface area contributed by atoms with Gasteiger partial charge < -0.3 is 14.7 Å². The Kier molecular flexibility index (Phi) is 3.91. The van der Waals surface area contributed by atoms with Crippen molar-refractivity contribution in [1.82, 2.24) is 15.4 Å². The monoisotopic (exact) mass is 290 g/mol. The van der Waals surface area contributed by atoms with Gasteiger partial charge in [-0.25, -0.2) is 0 Å². The molecule has 0 bridgehead atoms. The molecule has 116 valence electrons. The molecule has 1 spiro atoms. The van der Waals surface area contributed by atoms with Crippen LogP contribution in [0.15, 0.2) is 9.52 Å². The zero-order chi connectivity index (χ0) is 14.9. The molecule has 1 saturated carbocycles. The maximum absolute atomic E-state index is 5.21. The number of nitrogens with one attached hydrogen (secondary N) is 1. The van der Waals surface area contributed by atoms with Gasteiger partial charge in [0.25, 0.3) is 0 Å². The van der Waals surface area contributed by atoms with Crippen molar-refractivity contribution in [1.29, 1.82) is 0 Å². The maximum atomic E-state index is 5.21. The molecule has 2 aliphatic rings. The van der Waals surface area contributed by atoms with E-state index in [0.717, 1.165) is 36.9 Å². The number of likely N-dealkylation sites (tertiary alicyclic amines) is 1. The van der Waals surface area contributed by atoms with Crippen LogP contribution in [0.4, 0.5) is 0 Å². The number of hydrogen-bond donors (Lipinski definition) is 1. The smallest absolute Gasteiger partial charge is 0.193 e. The molecule has 1 saturated heterocycles. The third-order valence-electron chi connectivity index (χ3n) is 5.20. The number of rotatable bonds is 3. The lowest BCUT2D eigenvalue weighted by Gasteiger charge is -2.38. The SMILES string of the molecule is CN=C(NCCc1c(C)noc1C)N1CCC2(CCC2)C1. The average molecular weight is 290 g/mol. The van der Waals surface area contributed by atoms with E-state index < -0.39 is 0 Å². The summed E-state index contributed by atoms with van der Waals surface area (Å²) >= 11 is 0. The normalized spacial score (nSPS) is 20.9. The Labute approximate surface area is 126 Å². The predicted molar refractivity (Wildman–Crippen MR) is 83.5 cm³/mol. The second kappa shape index (κ2) is 5.70. The van der Waals surface area contributed by atoms with Crippen molar-refractivity contribution in [2.75, 3.05) is 26.7 Å². The van der Waals surface area contributed by atoms with E-state index in [1.165, 1.54) is 37.8 Å². The molecule has 0 radical (unpaired) electrons. The molecule has 1 aromatic rings. The minimum Gasteiger partial charge on any atom is -0.361 e. The van der Waals surface area contributed by atoms with Crippen LogP contribution in [0.25, 0.3) is 0 Å². The molecular formula is C16H26N4O. The molecule has 0 aromatic carbocycles. The summed E-state index contributed by atoms with van der Waals surface area (Å²) < 4.78 is 5.21.